The Morgan fingerprint density at radius 3 is 2.52 bits per heavy atom. The average molecular weight is 283 g/mol. The zero-order valence-corrected chi connectivity index (χ0v) is 11.7. The van der Waals surface area contributed by atoms with Crippen molar-refractivity contribution in [3.63, 3.8) is 0 Å². The molecule has 2 heterocycles. The quantitative estimate of drug-likeness (QED) is 0.640. The van der Waals surface area contributed by atoms with E-state index in [4.69, 9.17) is 0 Å². The summed E-state index contributed by atoms with van der Waals surface area (Å²) in [6.45, 7) is 1.68. The minimum Gasteiger partial charge on any atom is -0.366 e. The second kappa shape index (κ2) is 5.91. The zero-order valence-electron chi connectivity index (χ0n) is 11.7. The molecule has 3 rings (SSSR count). The van der Waals surface area contributed by atoms with E-state index in [1.807, 2.05) is 6.07 Å². The smallest absolute Gasteiger partial charge is 0.310 e. The largest absolute Gasteiger partial charge is 0.366 e. The Morgan fingerprint density at radius 1 is 1.14 bits per heavy atom. The van der Waals surface area contributed by atoms with Crippen molar-refractivity contribution in [1.82, 2.24) is 4.98 Å². The van der Waals surface area contributed by atoms with Crippen molar-refractivity contribution in [2.75, 3.05) is 18.0 Å². The Hall–Kier alpha value is -2.43. The summed E-state index contributed by atoms with van der Waals surface area (Å²) in [5.74, 6) is 0.545. The molecular weight excluding hydrogens is 266 g/mol. The maximum absolute atomic E-state index is 11.1. The molecule has 0 bridgehead atoms. The first-order valence-electron chi connectivity index (χ1n) is 7.14. The molecule has 5 heteroatoms. The highest BCUT2D eigenvalue weighted by molar-refractivity contribution is 5.61. The van der Waals surface area contributed by atoms with Crippen LogP contribution >= 0.6 is 0 Å². The predicted molar refractivity (Wildman–Crippen MR) is 81.5 cm³/mol. The zero-order chi connectivity index (χ0) is 14.7. The molecule has 1 saturated heterocycles. The van der Waals surface area contributed by atoms with Gasteiger partial charge in [0.2, 0.25) is 0 Å². The normalized spacial score (nSPS) is 15.9. The lowest BCUT2D eigenvalue weighted by Gasteiger charge is -2.33. The average Bonchev–Trinajstić information content (AvgIpc) is 2.56. The maximum atomic E-state index is 11.1. The molecule has 1 aromatic heterocycles. The number of hydrogen-bond donors (Lipinski definition) is 0. The summed E-state index contributed by atoms with van der Waals surface area (Å²) >= 11 is 0. The van der Waals surface area contributed by atoms with Crippen LogP contribution in [0.5, 0.6) is 0 Å². The Bertz CT molecular complexity index is 622. The molecule has 1 fully saturated rings. The van der Waals surface area contributed by atoms with E-state index in [2.05, 4.69) is 34.1 Å². The number of nitrogens with zero attached hydrogens (tertiary/aromatic N) is 3. The minimum atomic E-state index is -0.356. The van der Waals surface area contributed by atoms with Gasteiger partial charge in [-0.2, -0.15) is 0 Å². The van der Waals surface area contributed by atoms with Crippen molar-refractivity contribution >= 4 is 11.4 Å². The summed E-state index contributed by atoms with van der Waals surface area (Å²) in [4.78, 5) is 16.7. The highest BCUT2D eigenvalue weighted by Crippen LogP contribution is 2.33. The van der Waals surface area contributed by atoms with Gasteiger partial charge in [-0.05, 0) is 30.4 Å². The highest BCUT2D eigenvalue weighted by Gasteiger charge is 2.25. The van der Waals surface area contributed by atoms with Gasteiger partial charge in [-0.3, -0.25) is 15.1 Å². The number of aromatic nitrogens is 1. The van der Waals surface area contributed by atoms with Crippen LogP contribution in [0, 0.1) is 10.1 Å². The Morgan fingerprint density at radius 2 is 1.86 bits per heavy atom. The molecule has 0 amide bonds. The van der Waals surface area contributed by atoms with E-state index in [1.165, 1.54) is 11.8 Å². The van der Waals surface area contributed by atoms with Gasteiger partial charge in [0.1, 0.15) is 11.9 Å². The third-order valence-electron chi connectivity index (χ3n) is 4.08. The molecule has 0 spiro atoms. The first-order chi connectivity index (χ1) is 10.3. The lowest BCUT2D eigenvalue weighted by atomic mass is 9.89. The number of nitro groups is 1. The molecule has 0 radical (unpaired) electrons. The molecule has 0 aliphatic carbocycles. The van der Waals surface area contributed by atoms with Crippen LogP contribution in [0.2, 0.25) is 0 Å². The summed E-state index contributed by atoms with van der Waals surface area (Å²) in [5.41, 5.74) is 2.14. The van der Waals surface area contributed by atoms with Gasteiger partial charge < -0.3 is 4.90 Å². The van der Waals surface area contributed by atoms with E-state index in [0.717, 1.165) is 25.9 Å². The molecular formula is C16H17N3O2. The predicted octanol–water partition coefficient (Wildman–Crippen LogP) is 3.37. The second-order valence-electron chi connectivity index (χ2n) is 5.29. The Labute approximate surface area is 123 Å². The van der Waals surface area contributed by atoms with Gasteiger partial charge in [0.25, 0.3) is 0 Å². The Kier molecular flexibility index (Phi) is 3.81. The van der Waals surface area contributed by atoms with Crippen LogP contribution in [0.1, 0.15) is 24.3 Å². The molecule has 108 valence electrons. The van der Waals surface area contributed by atoms with Gasteiger partial charge in [0.05, 0.1) is 4.92 Å². The van der Waals surface area contributed by atoms with E-state index >= 15 is 0 Å². The maximum Gasteiger partial charge on any atom is 0.310 e. The van der Waals surface area contributed by atoms with E-state index < -0.39 is 0 Å². The molecule has 2 aromatic rings. The number of rotatable bonds is 3. The monoisotopic (exact) mass is 283 g/mol. The molecule has 1 aliphatic rings. The summed E-state index contributed by atoms with van der Waals surface area (Å²) in [5, 5.41) is 11.1. The molecule has 1 aromatic carbocycles. The van der Waals surface area contributed by atoms with Crippen molar-refractivity contribution in [2.45, 2.75) is 18.8 Å². The van der Waals surface area contributed by atoms with Crippen LogP contribution in [0.25, 0.3) is 0 Å². The fourth-order valence-corrected chi connectivity index (χ4v) is 2.97. The van der Waals surface area contributed by atoms with E-state index in [-0.39, 0.29) is 10.6 Å². The van der Waals surface area contributed by atoms with Crippen molar-refractivity contribution in [3.05, 3.63) is 64.5 Å². The van der Waals surface area contributed by atoms with Crippen molar-refractivity contribution in [3.8, 4) is 0 Å². The first kappa shape index (κ1) is 13.5. The number of hydrogen-bond acceptors (Lipinski definition) is 4. The lowest BCUT2D eigenvalue weighted by Crippen LogP contribution is -2.33. The summed E-state index contributed by atoms with van der Waals surface area (Å²) < 4.78 is 0. The topological polar surface area (TPSA) is 59.3 Å². The number of benzene rings is 1. The summed E-state index contributed by atoms with van der Waals surface area (Å²) in [7, 11) is 0. The van der Waals surface area contributed by atoms with Crippen LogP contribution in [0.15, 0.2) is 48.8 Å². The molecule has 5 nitrogen and oxygen atoms in total. The van der Waals surface area contributed by atoms with Gasteiger partial charge in [0.15, 0.2) is 0 Å². The second-order valence-corrected chi connectivity index (χ2v) is 5.29. The molecule has 0 N–H and O–H groups in total. The van der Waals surface area contributed by atoms with Crippen LogP contribution < -0.4 is 4.90 Å². The lowest BCUT2D eigenvalue weighted by molar-refractivity contribution is -0.384. The molecule has 0 saturated carbocycles. The SMILES string of the molecule is O=[N+]([O-])c1cnccc1N1CCC(c2ccccc2)CC1. The minimum absolute atomic E-state index is 0.0932. The van der Waals surface area contributed by atoms with Crippen molar-refractivity contribution in [1.29, 1.82) is 0 Å². The van der Waals surface area contributed by atoms with E-state index in [0.29, 0.717) is 11.6 Å². The van der Waals surface area contributed by atoms with Crippen LogP contribution in [-0.4, -0.2) is 23.0 Å². The van der Waals surface area contributed by atoms with E-state index in [9.17, 15) is 10.1 Å². The van der Waals surface area contributed by atoms with Crippen LogP contribution in [-0.2, 0) is 0 Å². The van der Waals surface area contributed by atoms with Gasteiger partial charge in [0, 0.05) is 19.3 Å². The molecule has 1 aliphatic heterocycles. The van der Waals surface area contributed by atoms with Crippen molar-refractivity contribution in [2.24, 2.45) is 0 Å². The fourth-order valence-electron chi connectivity index (χ4n) is 2.97. The summed E-state index contributed by atoms with van der Waals surface area (Å²) in [6, 6.07) is 12.2. The van der Waals surface area contributed by atoms with Gasteiger partial charge >= 0.3 is 5.69 Å². The van der Waals surface area contributed by atoms with Crippen molar-refractivity contribution < 1.29 is 4.92 Å². The van der Waals surface area contributed by atoms with E-state index in [1.54, 1.807) is 12.3 Å². The third-order valence-corrected chi connectivity index (χ3v) is 4.08. The fraction of sp³-hybridized carbons (Fsp3) is 0.312. The molecule has 0 unspecified atom stereocenters. The third kappa shape index (κ3) is 2.86. The highest BCUT2D eigenvalue weighted by atomic mass is 16.6. The Balaban J connectivity index is 1.73. The standard InChI is InChI=1S/C16H17N3O2/c20-19(21)16-12-17-9-6-15(16)18-10-7-14(8-11-18)13-4-2-1-3-5-13/h1-6,9,12,14H,7-8,10-11H2. The number of pyridine rings is 1. The number of anilines is 1. The molecule has 0 atom stereocenters. The first-order valence-corrected chi connectivity index (χ1v) is 7.14. The van der Waals surface area contributed by atoms with Crippen LogP contribution in [0.3, 0.4) is 0 Å². The van der Waals surface area contributed by atoms with Crippen LogP contribution in [0.4, 0.5) is 11.4 Å². The summed E-state index contributed by atoms with van der Waals surface area (Å²) in [6.07, 6.45) is 4.98. The van der Waals surface area contributed by atoms with Gasteiger partial charge in [-0.15, -0.1) is 0 Å². The van der Waals surface area contributed by atoms with Gasteiger partial charge in [-0.25, -0.2) is 0 Å². The van der Waals surface area contributed by atoms with Gasteiger partial charge in [-0.1, -0.05) is 30.3 Å². The number of piperidine rings is 1. The molecule has 21 heavy (non-hydrogen) atoms.